The largest absolute Gasteiger partial charge is 0.469 e. The van der Waals surface area contributed by atoms with Crippen LogP contribution in [-0.2, 0) is 16.1 Å². The van der Waals surface area contributed by atoms with Crippen molar-refractivity contribution in [3.63, 3.8) is 0 Å². The Morgan fingerprint density at radius 3 is 2.65 bits per heavy atom. The maximum Gasteiger partial charge on any atom is 0.336 e. The number of hydrogen-bond donors (Lipinski definition) is 0. The minimum absolute atomic E-state index is 0.124. The topological polar surface area (TPSA) is 59.8 Å². The van der Waals surface area contributed by atoms with Crippen LogP contribution in [0.1, 0.15) is 42.4 Å². The standard InChI is InChI=1S/C21H27NO4/c1-14-10-15(2)21-18(11-14)17(12-20(24)26-21)13-22-8-6-16(7-9-22)4-5-19(23)25-3/h10-12,16H,4-9,13H2,1-3H3. The molecule has 1 aromatic heterocycles. The molecule has 2 aromatic rings. The molecule has 5 heteroatoms. The van der Waals surface area contributed by atoms with Gasteiger partial charge in [-0.3, -0.25) is 9.69 Å². The Balaban J connectivity index is 1.69. The fourth-order valence-electron chi connectivity index (χ4n) is 3.91. The zero-order valence-corrected chi connectivity index (χ0v) is 15.8. The highest BCUT2D eigenvalue weighted by molar-refractivity contribution is 5.83. The molecule has 0 amide bonds. The van der Waals surface area contributed by atoms with E-state index in [9.17, 15) is 9.59 Å². The van der Waals surface area contributed by atoms with E-state index in [1.54, 1.807) is 6.07 Å². The number of fused-ring (bicyclic) bond motifs is 1. The van der Waals surface area contributed by atoms with Crippen molar-refractivity contribution >= 4 is 16.9 Å². The van der Waals surface area contributed by atoms with Crippen molar-refractivity contribution in [1.82, 2.24) is 4.90 Å². The number of benzene rings is 1. The van der Waals surface area contributed by atoms with Crippen LogP contribution in [-0.4, -0.2) is 31.1 Å². The van der Waals surface area contributed by atoms with E-state index in [0.717, 1.165) is 55.4 Å². The van der Waals surface area contributed by atoms with E-state index in [-0.39, 0.29) is 11.6 Å². The maximum atomic E-state index is 12.0. The molecule has 0 N–H and O–H groups in total. The molecular formula is C21H27NO4. The van der Waals surface area contributed by atoms with Crippen molar-refractivity contribution in [2.75, 3.05) is 20.2 Å². The molecule has 1 aromatic carbocycles. The van der Waals surface area contributed by atoms with Crippen LogP contribution in [0.3, 0.4) is 0 Å². The lowest BCUT2D eigenvalue weighted by Crippen LogP contribution is -2.33. The predicted molar refractivity (Wildman–Crippen MR) is 101 cm³/mol. The second-order valence-electron chi connectivity index (χ2n) is 7.38. The molecule has 0 bridgehead atoms. The molecule has 1 saturated heterocycles. The number of carbonyl (C=O) groups is 1. The van der Waals surface area contributed by atoms with E-state index in [4.69, 9.17) is 9.15 Å². The molecule has 1 aliphatic rings. The van der Waals surface area contributed by atoms with E-state index < -0.39 is 0 Å². The second-order valence-corrected chi connectivity index (χ2v) is 7.38. The summed E-state index contributed by atoms with van der Waals surface area (Å²) < 4.78 is 10.2. The fourth-order valence-corrected chi connectivity index (χ4v) is 3.91. The Bertz CT molecular complexity index is 847. The summed E-state index contributed by atoms with van der Waals surface area (Å²) in [6, 6.07) is 5.77. The SMILES string of the molecule is COC(=O)CCC1CCN(Cc2cc(=O)oc3c(C)cc(C)cc23)CC1. The van der Waals surface area contributed by atoms with Crippen molar-refractivity contribution in [3.05, 3.63) is 45.3 Å². The highest BCUT2D eigenvalue weighted by atomic mass is 16.5. The lowest BCUT2D eigenvalue weighted by molar-refractivity contribution is -0.141. The van der Waals surface area contributed by atoms with E-state index in [0.29, 0.717) is 17.9 Å². The summed E-state index contributed by atoms with van der Waals surface area (Å²) in [7, 11) is 1.44. The minimum atomic E-state index is -0.285. The summed E-state index contributed by atoms with van der Waals surface area (Å²) in [5.74, 6) is 0.452. The van der Waals surface area contributed by atoms with E-state index in [1.165, 1.54) is 12.7 Å². The van der Waals surface area contributed by atoms with Crippen molar-refractivity contribution in [1.29, 1.82) is 0 Å². The Morgan fingerprint density at radius 2 is 1.96 bits per heavy atom. The molecule has 1 aliphatic heterocycles. The van der Waals surface area contributed by atoms with Crippen molar-refractivity contribution in [3.8, 4) is 0 Å². The number of ether oxygens (including phenoxy) is 1. The van der Waals surface area contributed by atoms with Gasteiger partial charge in [0.25, 0.3) is 0 Å². The predicted octanol–water partition coefficient (Wildman–Crippen LogP) is 3.58. The molecule has 0 atom stereocenters. The van der Waals surface area contributed by atoms with Gasteiger partial charge in [-0.15, -0.1) is 0 Å². The van der Waals surface area contributed by atoms with Crippen molar-refractivity contribution in [2.24, 2.45) is 5.92 Å². The van der Waals surface area contributed by atoms with E-state index in [1.807, 2.05) is 13.0 Å². The first kappa shape index (κ1) is 18.6. The molecule has 0 spiro atoms. The molecule has 0 aliphatic carbocycles. The third-order valence-electron chi connectivity index (χ3n) is 5.35. The molecule has 1 fully saturated rings. The van der Waals surface area contributed by atoms with Gasteiger partial charge in [-0.25, -0.2) is 4.79 Å². The zero-order chi connectivity index (χ0) is 18.7. The average Bonchev–Trinajstić information content (AvgIpc) is 2.62. The number of piperidine rings is 1. The Morgan fingerprint density at radius 1 is 1.23 bits per heavy atom. The monoisotopic (exact) mass is 357 g/mol. The van der Waals surface area contributed by atoms with Gasteiger partial charge >= 0.3 is 11.6 Å². The third-order valence-corrected chi connectivity index (χ3v) is 5.35. The quantitative estimate of drug-likeness (QED) is 0.605. The first-order valence-corrected chi connectivity index (χ1v) is 9.29. The van der Waals surface area contributed by atoms with Gasteiger partial charge in [-0.2, -0.15) is 0 Å². The minimum Gasteiger partial charge on any atom is -0.469 e. The molecule has 26 heavy (non-hydrogen) atoms. The number of carbonyl (C=O) groups excluding carboxylic acids is 1. The number of methoxy groups -OCH3 is 1. The van der Waals surface area contributed by atoms with Gasteiger partial charge in [0.15, 0.2) is 0 Å². The molecule has 2 heterocycles. The summed E-state index contributed by atoms with van der Waals surface area (Å²) in [6.45, 7) is 6.77. The van der Waals surface area contributed by atoms with Gasteiger partial charge in [0.05, 0.1) is 7.11 Å². The Kier molecular flexibility index (Phi) is 5.77. The first-order chi connectivity index (χ1) is 12.5. The summed E-state index contributed by atoms with van der Waals surface area (Å²) >= 11 is 0. The molecule has 0 saturated carbocycles. The summed E-state index contributed by atoms with van der Waals surface area (Å²) in [5.41, 5.74) is 3.63. The van der Waals surface area contributed by atoms with E-state index in [2.05, 4.69) is 17.9 Å². The van der Waals surface area contributed by atoms with Gasteiger partial charge in [0, 0.05) is 24.4 Å². The van der Waals surface area contributed by atoms with Crippen LogP contribution in [0.15, 0.2) is 27.4 Å². The zero-order valence-electron chi connectivity index (χ0n) is 15.8. The molecule has 3 rings (SSSR count). The molecule has 5 nitrogen and oxygen atoms in total. The van der Waals surface area contributed by atoms with E-state index >= 15 is 0 Å². The van der Waals surface area contributed by atoms with Crippen molar-refractivity contribution < 1.29 is 13.9 Å². The van der Waals surface area contributed by atoms with Crippen LogP contribution in [0, 0.1) is 19.8 Å². The van der Waals surface area contributed by atoms with Crippen LogP contribution in [0.5, 0.6) is 0 Å². The second kappa shape index (κ2) is 8.04. The number of nitrogens with zero attached hydrogens (tertiary/aromatic N) is 1. The smallest absolute Gasteiger partial charge is 0.336 e. The van der Waals surface area contributed by atoms with Crippen LogP contribution in [0.2, 0.25) is 0 Å². The summed E-state index contributed by atoms with van der Waals surface area (Å²) in [4.78, 5) is 25.7. The van der Waals surface area contributed by atoms with Crippen molar-refractivity contribution in [2.45, 2.75) is 46.1 Å². The molecule has 0 unspecified atom stereocenters. The average molecular weight is 357 g/mol. The van der Waals surface area contributed by atoms with Gasteiger partial charge in [0.2, 0.25) is 0 Å². The number of esters is 1. The lowest BCUT2D eigenvalue weighted by atomic mass is 9.92. The van der Waals surface area contributed by atoms with Gasteiger partial charge in [-0.05, 0) is 74.9 Å². The Hall–Kier alpha value is -2.14. The number of hydrogen-bond acceptors (Lipinski definition) is 5. The van der Waals surface area contributed by atoms with Crippen LogP contribution < -0.4 is 5.63 Å². The van der Waals surface area contributed by atoms with Gasteiger partial charge in [-0.1, -0.05) is 6.07 Å². The number of likely N-dealkylation sites (tertiary alicyclic amines) is 1. The number of rotatable bonds is 5. The highest BCUT2D eigenvalue weighted by Gasteiger charge is 2.21. The maximum absolute atomic E-state index is 12.0. The van der Waals surface area contributed by atoms with Gasteiger partial charge < -0.3 is 9.15 Å². The first-order valence-electron chi connectivity index (χ1n) is 9.29. The molecular weight excluding hydrogens is 330 g/mol. The molecule has 140 valence electrons. The normalized spacial score (nSPS) is 16.1. The Labute approximate surface area is 153 Å². The van der Waals surface area contributed by atoms with Crippen LogP contribution in [0.25, 0.3) is 11.0 Å². The van der Waals surface area contributed by atoms with Crippen LogP contribution >= 0.6 is 0 Å². The number of aryl methyl sites for hydroxylation is 2. The van der Waals surface area contributed by atoms with Crippen LogP contribution in [0.4, 0.5) is 0 Å². The summed E-state index contributed by atoms with van der Waals surface area (Å²) in [6.07, 6.45) is 3.56. The fraction of sp³-hybridized carbons (Fsp3) is 0.524. The summed E-state index contributed by atoms with van der Waals surface area (Å²) in [5, 5.41) is 1.04. The third kappa shape index (κ3) is 4.33. The highest BCUT2D eigenvalue weighted by Crippen LogP contribution is 2.26. The lowest BCUT2D eigenvalue weighted by Gasteiger charge is -2.32. The van der Waals surface area contributed by atoms with Gasteiger partial charge in [0.1, 0.15) is 5.58 Å². The molecule has 0 radical (unpaired) electrons.